The number of aryl methyl sites for hydroxylation is 2. The smallest absolute Gasteiger partial charge is 0.308 e. The van der Waals surface area contributed by atoms with Crippen LogP contribution in [0.5, 0.6) is 0 Å². The predicted octanol–water partition coefficient (Wildman–Crippen LogP) is 5.42. The lowest BCUT2D eigenvalue weighted by Crippen LogP contribution is -2.51. The van der Waals surface area contributed by atoms with Gasteiger partial charge < -0.3 is 10.2 Å². The molecule has 1 spiro atoms. The summed E-state index contributed by atoms with van der Waals surface area (Å²) in [4.78, 5) is 29.3. The second kappa shape index (κ2) is 8.23. The van der Waals surface area contributed by atoms with Gasteiger partial charge in [-0.2, -0.15) is 0 Å². The first-order valence-electron chi connectivity index (χ1n) is 10.9. The average Bonchev–Trinajstić information content (AvgIpc) is 3.31. The van der Waals surface area contributed by atoms with Gasteiger partial charge in [0, 0.05) is 23.5 Å². The van der Waals surface area contributed by atoms with E-state index in [0.29, 0.717) is 35.8 Å². The Morgan fingerprint density at radius 3 is 2.58 bits per heavy atom. The van der Waals surface area contributed by atoms with Crippen molar-refractivity contribution in [3.05, 3.63) is 94.8 Å². The monoisotopic (exact) mass is 461 g/mol. The summed E-state index contributed by atoms with van der Waals surface area (Å²) in [5.74, 6) is -0.0577. The molecule has 1 atom stereocenters. The lowest BCUT2D eigenvalue weighted by Gasteiger charge is -2.33. The van der Waals surface area contributed by atoms with Gasteiger partial charge in [0.2, 0.25) is 0 Å². The Labute approximate surface area is 196 Å². The summed E-state index contributed by atoms with van der Waals surface area (Å²) >= 11 is 1.39. The fourth-order valence-corrected chi connectivity index (χ4v) is 6.10. The molecule has 168 valence electrons. The molecule has 3 aromatic rings. The highest BCUT2D eigenvalue weighted by Gasteiger charge is 2.59. The van der Waals surface area contributed by atoms with E-state index in [4.69, 9.17) is 0 Å². The number of rotatable bonds is 3. The van der Waals surface area contributed by atoms with Crippen LogP contribution in [-0.4, -0.2) is 29.1 Å². The zero-order valence-electron chi connectivity index (χ0n) is 18.5. The predicted molar refractivity (Wildman–Crippen MR) is 130 cm³/mol. The van der Waals surface area contributed by atoms with Crippen LogP contribution >= 0.6 is 11.8 Å². The molecule has 0 aromatic heterocycles. The van der Waals surface area contributed by atoms with Crippen molar-refractivity contribution in [3.63, 3.8) is 0 Å². The van der Waals surface area contributed by atoms with Crippen LogP contribution in [0.2, 0.25) is 0 Å². The maximum atomic E-state index is 14.4. The Balaban J connectivity index is 1.54. The van der Waals surface area contributed by atoms with Gasteiger partial charge in [0.15, 0.2) is 4.87 Å². The van der Waals surface area contributed by atoms with Crippen molar-refractivity contribution >= 4 is 35.1 Å². The summed E-state index contributed by atoms with van der Waals surface area (Å²) in [5, 5.41) is 2.92. The number of urea groups is 1. The second-order valence-electron chi connectivity index (χ2n) is 8.49. The van der Waals surface area contributed by atoms with Crippen LogP contribution in [0.25, 0.3) is 0 Å². The van der Waals surface area contributed by atoms with Gasteiger partial charge in [-0.3, -0.25) is 9.69 Å². The molecule has 5 rings (SSSR count). The van der Waals surface area contributed by atoms with Gasteiger partial charge in [-0.05, 0) is 55.3 Å². The Morgan fingerprint density at radius 2 is 1.82 bits per heavy atom. The zero-order valence-corrected chi connectivity index (χ0v) is 19.3. The van der Waals surface area contributed by atoms with E-state index in [0.717, 1.165) is 16.7 Å². The fourth-order valence-electron chi connectivity index (χ4n) is 4.65. The standard InChI is InChI=1S/C26H24FN3O2S/c1-17-5-3-7-19(13-17)16-29-23-10-9-20(27)15-22(23)26(24(29)31)30(11-12-33-26)25(32)28-21-8-4-6-18(2)14-21/h3-10,13-15H,11-12,16H2,1-2H3,(H,28,32). The van der Waals surface area contributed by atoms with E-state index in [1.807, 2.05) is 62.4 Å². The quantitative estimate of drug-likeness (QED) is 0.566. The molecule has 33 heavy (non-hydrogen) atoms. The lowest BCUT2D eigenvalue weighted by molar-refractivity contribution is -0.123. The zero-order chi connectivity index (χ0) is 23.2. The number of hydrogen-bond acceptors (Lipinski definition) is 3. The largest absolute Gasteiger partial charge is 0.323 e. The van der Waals surface area contributed by atoms with Gasteiger partial charge in [0.05, 0.1) is 12.2 Å². The first-order chi connectivity index (χ1) is 15.9. The lowest BCUT2D eigenvalue weighted by atomic mass is 10.1. The summed E-state index contributed by atoms with van der Waals surface area (Å²) in [6.07, 6.45) is 0. The normalized spacial score (nSPS) is 19.3. The minimum Gasteiger partial charge on any atom is -0.308 e. The topological polar surface area (TPSA) is 52.7 Å². The molecule has 2 aliphatic heterocycles. The number of nitrogens with zero attached hydrogens (tertiary/aromatic N) is 2. The number of hydrogen-bond donors (Lipinski definition) is 1. The molecule has 0 aliphatic carbocycles. The van der Waals surface area contributed by atoms with Gasteiger partial charge in [-0.25, -0.2) is 9.18 Å². The number of amides is 3. The van der Waals surface area contributed by atoms with Gasteiger partial charge in [0.25, 0.3) is 5.91 Å². The van der Waals surface area contributed by atoms with Crippen LogP contribution in [0.4, 0.5) is 20.6 Å². The molecular weight excluding hydrogens is 437 g/mol. The van der Waals surface area contributed by atoms with Crippen molar-refractivity contribution in [2.45, 2.75) is 25.3 Å². The van der Waals surface area contributed by atoms with E-state index in [1.54, 1.807) is 15.9 Å². The Morgan fingerprint density at radius 1 is 1.06 bits per heavy atom. The number of benzene rings is 3. The molecule has 0 bridgehead atoms. The maximum Gasteiger partial charge on any atom is 0.323 e. The molecular formula is C26H24FN3O2S. The van der Waals surface area contributed by atoms with E-state index in [9.17, 15) is 14.0 Å². The molecule has 0 radical (unpaired) electrons. The third-order valence-corrected chi connectivity index (χ3v) is 7.51. The third kappa shape index (κ3) is 3.66. The minimum atomic E-state index is -1.28. The molecule has 1 N–H and O–H groups in total. The molecule has 3 amide bonds. The first kappa shape index (κ1) is 21.5. The first-order valence-corrected chi connectivity index (χ1v) is 11.8. The van der Waals surface area contributed by atoms with Crippen molar-refractivity contribution in [1.29, 1.82) is 0 Å². The molecule has 1 saturated heterocycles. The number of anilines is 2. The van der Waals surface area contributed by atoms with Crippen LogP contribution in [0, 0.1) is 19.7 Å². The van der Waals surface area contributed by atoms with Gasteiger partial charge in [-0.1, -0.05) is 42.0 Å². The summed E-state index contributed by atoms with van der Waals surface area (Å²) in [6.45, 7) is 4.70. The fraction of sp³-hybridized carbons (Fsp3) is 0.231. The van der Waals surface area contributed by atoms with Gasteiger partial charge in [0.1, 0.15) is 5.82 Å². The van der Waals surface area contributed by atoms with Gasteiger partial charge in [-0.15, -0.1) is 11.8 Å². The number of carbonyl (C=O) groups is 2. The van der Waals surface area contributed by atoms with Crippen molar-refractivity contribution in [2.24, 2.45) is 0 Å². The number of thioether (sulfide) groups is 1. The van der Waals surface area contributed by atoms with E-state index in [2.05, 4.69) is 5.32 Å². The molecule has 7 heteroatoms. The molecule has 2 aliphatic rings. The summed E-state index contributed by atoms with van der Waals surface area (Å²) in [5.41, 5.74) is 4.94. The van der Waals surface area contributed by atoms with E-state index >= 15 is 0 Å². The van der Waals surface area contributed by atoms with Crippen LogP contribution in [-0.2, 0) is 16.2 Å². The molecule has 2 heterocycles. The van der Waals surface area contributed by atoms with Crippen LogP contribution in [0.1, 0.15) is 22.3 Å². The molecule has 1 fully saturated rings. The van der Waals surface area contributed by atoms with E-state index in [-0.39, 0.29) is 11.9 Å². The van der Waals surface area contributed by atoms with E-state index < -0.39 is 10.7 Å². The van der Waals surface area contributed by atoms with Crippen molar-refractivity contribution < 1.29 is 14.0 Å². The highest BCUT2D eigenvalue weighted by atomic mass is 32.2. The molecule has 0 saturated carbocycles. The minimum absolute atomic E-state index is 0.216. The second-order valence-corrected chi connectivity index (χ2v) is 9.77. The highest BCUT2D eigenvalue weighted by Crippen LogP contribution is 2.54. The maximum absolute atomic E-state index is 14.4. The molecule has 1 unspecified atom stereocenters. The van der Waals surface area contributed by atoms with E-state index in [1.165, 1.54) is 23.9 Å². The van der Waals surface area contributed by atoms with Crippen LogP contribution in [0.3, 0.4) is 0 Å². The summed E-state index contributed by atoms with van der Waals surface area (Å²) in [6, 6.07) is 19.5. The van der Waals surface area contributed by atoms with Crippen molar-refractivity contribution in [2.75, 3.05) is 22.5 Å². The average molecular weight is 462 g/mol. The number of halogens is 1. The molecule has 5 nitrogen and oxygen atoms in total. The van der Waals surface area contributed by atoms with Crippen LogP contribution < -0.4 is 10.2 Å². The Hall–Kier alpha value is -3.32. The number of fused-ring (bicyclic) bond motifs is 2. The summed E-state index contributed by atoms with van der Waals surface area (Å²) < 4.78 is 14.4. The summed E-state index contributed by atoms with van der Waals surface area (Å²) in [7, 11) is 0. The van der Waals surface area contributed by atoms with Crippen molar-refractivity contribution in [1.82, 2.24) is 4.90 Å². The van der Waals surface area contributed by atoms with Gasteiger partial charge >= 0.3 is 6.03 Å². The van der Waals surface area contributed by atoms with Crippen molar-refractivity contribution in [3.8, 4) is 0 Å². The Kier molecular flexibility index (Phi) is 5.37. The highest BCUT2D eigenvalue weighted by molar-refractivity contribution is 8.01. The third-order valence-electron chi connectivity index (χ3n) is 6.09. The Bertz CT molecular complexity index is 1260. The SMILES string of the molecule is Cc1cccc(CN2C(=O)C3(SCCN3C(=O)Nc3cccc(C)c3)c3cc(F)ccc32)c1. The number of carbonyl (C=O) groups excluding carboxylic acids is 2. The molecule has 3 aromatic carbocycles. The van der Waals surface area contributed by atoms with Crippen LogP contribution in [0.15, 0.2) is 66.7 Å². The number of nitrogens with one attached hydrogen (secondary N) is 1.